The van der Waals surface area contributed by atoms with Gasteiger partial charge in [-0.15, -0.1) is 3.98 Å². The van der Waals surface area contributed by atoms with Crippen LogP contribution in [-0.4, -0.2) is 5.26 Å². The molecule has 12 heteroatoms. The summed E-state index contributed by atoms with van der Waals surface area (Å²) in [6.07, 6.45) is 0. The molecule has 12 heavy (non-hydrogen) atoms. The number of halogens is 1. The number of rotatable bonds is 9. The molecule has 0 spiro atoms. The van der Waals surface area contributed by atoms with Gasteiger partial charge < -0.3 is 0 Å². The molecule has 0 bridgehead atoms. The molecule has 0 amide bonds. The van der Waals surface area contributed by atoms with Crippen molar-refractivity contribution in [2.75, 3.05) is 0 Å². The van der Waals surface area contributed by atoms with Gasteiger partial charge in [-0.3, -0.25) is 0 Å². The van der Waals surface area contributed by atoms with Crippen LogP contribution in [0.15, 0.2) is 0 Å². The van der Waals surface area contributed by atoms with Crippen molar-refractivity contribution in [1.82, 2.24) is 0 Å². The molecule has 0 aromatic carbocycles. The molecule has 0 saturated carbocycles. The minimum Gasteiger partial charge on any atom is -0.219 e. The summed E-state index contributed by atoms with van der Waals surface area (Å²) in [6, 6.07) is 0. The predicted octanol–water partition coefficient (Wildman–Crippen LogP) is 0.170. The fourth-order valence-electron chi connectivity index (χ4n) is 0.0910. The van der Waals surface area contributed by atoms with Crippen LogP contribution in [0.4, 0.5) is 0 Å². The third-order valence-corrected chi connectivity index (χ3v) is 0.359. The average Bonchev–Trinajstić information content (AvgIpc) is 2.10. The lowest BCUT2D eigenvalue weighted by molar-refractivity contribution is -0.851. The first-order valence-corrected chi connectivity index (χ1v) is 2.48. The first-order chi connectivity index (χ1) is 5.91. The number of hydrogen-bond donors (Lipinski definition) is 1. The summed E-state index contributed by atoms with van der Waals surface area (Å²) in [6.45, 7) is 0. The molecule has 0 atom stereocenters. The molecule has 0 aliphatic rings. The van der Waals surface area contributed by atoms with Crippen LogP contribution in [-0.2, 0) is 49.3 Å². The highest BCUT2D eigenvalue weighted by molar-refractivity contribution is 9.05. The van der Waals surface area contributed by atoms with Crippen LogP contribution in [0.3, 0.4) is 0 Å². The molecule has 0 rings (SSSR count). The van der Waals surface area contributed by atoms with Gasteiger partial charge in [-0.25, -0.2) is 5.26 Å². The van der Waals surface area contributed by atoms with Gasteiger partial charge in [0.05, 0.1) is 0 Å². The second-order valence-corrected chi connectivity index (χ2v) is 0.946. The maximum Gasteiger partial charge on any atom is 0.146 e. The Kier molecular flexibility index (Phi) is 11.1. The van der Waals surface area contributed by atoms with E-state index < -0.39 is 0 Å². The first kappa shape index (κ1) is 12.0. The molecule has 0 aliphatic carbocycles. The van der Waals surface area contributed by atoms with Gasteiger partial charge in [-0.05, 0) is 45.3 Å². The predicted molar refractivity (Wildman–Crippen MR) is 22.4 cm³/mol. The van der Waals surface area contributed by atoms with Crippen LogP contribution in [0.25, 0.3) is 0 Å². The molecule has 1 N–H and O–H groups in total. The van der Waals surface area contributed by atoms with E-state index >= 15 is 0 Å². The summed E-state index contributed by atoms with van der Waals surface area (Å²) in [5.41, 5.74) is 0. The van der Waals surface area contributed by atoms with Gasteiger partial charge in [0.25, 0.3) is 0 Å². The second-order valence-electron chi connectivity index (χ2n) is 0.682. The van der Waals surface area contributed by atoms with E-state index in [0.717, 1.165) is 0 Å². The van der Waals surface area contributed by atoms with Crippen molar-refractivity contribution in [2.24, 2.45) is 0 Å². The Bertz CT molecular complexity index is 61.4. The standard InChI is InChI=1S/BrHO11/c1-3-5-7-9-11-12-10-8-6-4-2/h2H. The molecule has 0 unspecified atom stereocenters. The van der Waals surface area contributed by atoms with Crippen molar-refractivity contribution in [3.63, 3.8) is 0 Å². The van der Waals surface area contributed by atoms with Gasteiger partial charge in [-0.1, -0.05) is 0 Å². The molecule has 0 saturated heterocycles. The minimum absolute atomic E-state index is 2.31. The molecule has 0 aromatic heterocycles. The largest absolute Gasteiger partial charge is 0.219 e. The van der Waals surface area contributed by atoms with Crippen LogP contribution in [0.2, 0.25) is 0 Å². The highest BCUT2D eigenvalue weighted by Crippen LogP contribution is 1.91. The normalized spacial score (nSPS) is 10.5. The lowest BCUT2D eigenvalue weighted by Gasteiger charge is -1.95. The van der Waals surface area contributed by atoms with Gasteiger partial charge in [0.1, 0.15) is 16.3 Å². The molecule has 74 valence electrons. The maximum atomic E-state index is 7.42. The quantitative estimate of drug-likeness (QED) is 0.346. The summed E-state index contributed by atoms with van der Waals surface area (Å²) >= 11 is 2.31. The molecule has 0 aliphatic heterocycles. The Balaban J connectivity index is 2.73. The minimum atomic E-state index is 2.31. The Labute approximate surface area is 71.8 Å². The van der Waals surface area contributed by atoms with E-state index in [4.69, 9.17) is 5.26 Å². The lowest BCUT2D eigenvalue weighted by Crippen LogP contribution is -2.01. The summed E-state index contributed by atoms with van der Waals surface area (Å²) in [4.78, 5) is 0. The van der Waals surface area contributed by atoms with E-state index in [1.165, 1.54) is 0 Å². The van der Waals surface area contributed by atoms with Crippen LogP contribution in [0, 0.1) is 0 Å². The zero-order valence-electron chi connectivity index (χ0n) is 4.91. The van der Waals surface area contributed by atoms with Crippen molar-refractivity contribution >= 4 is 16.3 Å². The van der Waals surface area contributed by atoms with Gasteiger partial charge in [0, 0.05) is 0 Å². The van der Waals surface area contributed by atoms with E-state index in [-0.39, 0.29) is 0 Å². The van der Waals surface area contributed by atoms with Crippen LogP contribution in [0.1, 0.15) is 0 Å². The molecule has 0 heterocycles. The Morgan fingerprint density at radius 1 is 0.667 bits per heavy atom. The lowest BCUT2D eigenvalue weighted by atomic mass is 14.1. The molecular weight excluding hydrogens is 256 g/mol. The summed E-state index contributed by atoms with van der Waals surface area (Å²) < 4.78 is 3.67. The molecule has 11 nitrogen and oxygen atoms in total. The number of hydrogen-bond acceptors (Lipinski definition) is 11. The van der Waals surface area contributed by atoms with E-state index in [1.54, 1.807) is 0 Å². The fraction of sp³-hybridized carbons (Fsp3) is 0. The van der Waals surface area contributed by atoms with Crippen molar-refractivity contribution in [2.45, 2.75) is 0 Å². The highest BCUT2D eigenvalue weighted by Gasteiger charge is 1.94. The van der Waals surface area contributed by atoms with Crippen molar-refractivity contribution in [3.8, 4) is 0 Å². The van der Waals surface area contributed by atoms with E-state index in [9.17, 15) is 0 Å². The molecule has 0 radical (unpaired) electrons. The van der Waals surface area contributed by atoms with Gasteiger partial charge >= 0.3 is 0 Å². The maximum absolute atomic E-state index is 7.42. The molecule has 0 aromatic rings. The van der Waals surface area contributed by atoms with E-state index in [0.29, 0.717) is 0 Å². The molecule has 0 fully saturated rings. The van der Waals surface area contributed by atoms with Crippen LogP contribution >= 0.6 is 16.3 Å². The zero-order valence-corrected chi connectivity index (χ0v) is 6.49. The smallest absolute Gasteiger partial charge is 0.146 e. The zero-order chi connectivity index (χ0) is 9.07. The Morgan fingerprint density at radius 2 is 1.08 bits per heavy atom. The van der Waals surface area contributed by atoms with Gasteiger partial charge in [0.2, 0.25) is 0 Å². The van der Waals surface area contributed by atoms with Crippen molar-refractivity contribution in [3.05, 3.63) is 0 Å². The topological polar surface area (TPSA) is 113 Å². The summed E-state index contributed by atoms with van der Waals surface area (Å²) in [5.74, 6) is 0. The van der Waals surface area contributed by atoms with Gasteiger partial charge in [-0.2, -0.15) is 0 Å². The second kappa shape index (κ2) is 11.0. The van der Waals surface area contributed by atoms with Crippen molar-refractivity contribution < 1.29 is 54.6 Å². The fourth-order valence-corrected chi connectivity index (χ4v) is 0.135. The third-order valence-electron chi connectivity index (χ3n) is 0.251. The van der Waals surface area contributed by atoms with E-state index in [2.05, 4.69) is 65.6 Å². The first-order valence-electron chi connectivity index (χ1n) is 1.84. The molecular formula is HBrO11. The summed E-state index contributed by atoms with van der Waals surface area (Å²) in [7, 11) is 0. The van der Waals surface area contributed by atoms with Crippen molar-refractivity contribution in [1.29, 1.82) is 0 Å². The summed E-state index contributed by atoms with van der Waals surface area (Å²) in [5, 5.41) is 37.8. The highest BCUT2D eigenvalue weighted by atomic mass is 79.9. The van der Waals surface area contributed by atoms with Gasteiger partial charge in [0.15, 0.2) is 0 Å². The third kappa shape index (κ3) is 10.0. The monoisotopic (exact) mass is 256 g/mol. The Hall–Kier alpha value is 0.0400. The van der Waals surface area contributed by atoms with E-state index in [1.807, 2.05) is 0 Å². The van der Waals surface area contributed by atoms with Crippen LogP contribution in [0.5, 0.6) is 0 Å². The average molecular weight is 257 g/mol. The Morgan fingerprint density at radius 3 is 1.50 bits per heavy atom. The van der Waals surface area contributed by atoms with Crippen LogP contribution < -0.4 is 0 Å². The SMILES string of the molecule is OOOOOOOOOOOBr.